The van der Waals surface area contributed by atoms with Gasteiger partial charge in [0.2, 0.25) is 0 Å². The van der Waals surface area contributed by atoms with Crippen LogP contribution in [0.3, 0.4) is 0 Å². The van der Waals surface area contributed by atoms with Crippen molar-refractivity contribution < 1.29 is 4.79 Å². The van der Waals surface area contributed by atoms with Crippen LogP contribution in [-0.4, -0.2) is 15.8 Å². The zero-order chi connectivity index (χ0) is 19.6. The van der Waals surface area contributed by atoms with E-state index in [0.717, 1.165) is 39.5 Å². The van der Waals surface area contributed by atoms with Crippen molar-refractivity contribution in [3.05, 3.63) is 76.2 Å². The Bertz CT molecular complexity index is 1010. The van der Waals surface area contributed by atoms with Crippen LogP contribution < -0.4 is 5.32 Å². The lowest BCUT2D eigenvalue weighted by atomic mass is 9.91. The molecule has 1 heterocycles. The predicted octanol–water partition coefficient (Wildman–Crippen LogP) is 5.19. The largest absolute Gasteiger partial charge is 0.381 e. The Kier molecular flexibility index (Phi) is 5.36. The molecule has 0 aliphatic heterocycles. The number of Topliss-reactive ketones (excluding diaryl/α,β-unsaturated/α-hetero) is 1. The molecule has 1 N–H and O–H groups in total. The highest BCUT2D eigenvalue weighted by molar-refractivity contribution is 5.97. The Morgan fingerprint density at radius 1 is 1.04 bits per heavy atom. The van der Waals surface area contributed by atoms with Gasteiger partial charge in [0, 0.05) is 29.6 Å². The Labute approximate surface area is 160 Å². The van der Waals surface area contributed by atoms with Crippen molar-refractivity contribution in [2.24, 2.45) is 0 Å². The van der Waals surface area contributed by atoms with Crippen LogP contribution in [0.1, 0.15) is 45.4 Å². The first-order valence-corrected chi connectivity index (χ1v) is 9.11. The van der Waals surface area contributed by atoms with Gasteiger partial charge in [-0.1, -0.05) is 18.2 Å². The van der Waals surface area contributed by atoms with Gasteiger partial charge in [-0.3, -0.25) is 4.79 Å². The minimum absolute atomic E-state index is 0.118. The maximum Gasteiger partial charge on any atom is 0.160 e. The van der Waals surface area contributed by atoms with Gasteiger partial charge in [-0.25, -0.2) is 9.97 Å². The predicted molar refractivity (Wildman–Crippen MR) is 110 cm³/mol. The highest BCUT2D eigenvalue weighted by Gasteiger charge is 2.14. The molecule has 1 aromatic heterocycles. The van der Waals surface area contributed by atoms with Crippen LogP contribution in [-0.2, 0) is 6.54 Å². The van der Waals surface area contributed by atoms with Gasteiger partial charge in [0.1, 0.15) is 5.82 Å². The van der Waals surface area contributed by atoms with E-state index in [1.54, 1.807) is 13.1 Å². The molecule has 27 heavy (non-hydrogen) atoms. The summed E-state index contributed by atoms with van der Waals surface area (Å²) < 4.78 is 0. The highest BCUT2D eigenvalue weighted by atomic mass is 16.1. The van der Waals surface area contributed by atoms with E-state index in [1.165, 1.54) is 11.1 Å². The molecule has 0 unspecified atom stereocenters. The Morgan fingerprint density at radius 3 is 2.52 bits per heavy atom. The van der Waals surface area contributed by atoms with Crippen LogP contribution in [0, 0.1) is 27.7 Å². The van der Waals surface area contributed by atoms with Gasteiger partial charge in [-0.05, 0) is 75.1 Å². The topological polar surface area (TPSA) is 54.9 Å². The summed E-state index contributed by atoms with van der Waals surface area (Å²) in [5, 5.41) is 3.50. The minimum atomic E-state index is 0.118. The lowest BCUT2D eigenvalue weighted by Gasteiger charge is -2.17. The number of hydrogen-bond acceptors (Lipinski definition) is 4. The fourth-order valence-corrected chi connectivity index (χ4v) is 3.64. The third kappa shape index (κ3) is 4.05. The number of carbonyl (C=O) groups excluding carboxylic acids is 1. The summed E-state index contributed by atoms with van der Waals surface area (Å²) in [5.74, 6) is 0.876. The number of aromatic nitrogens is 2. The van der Waals surface area contributed by atoms with Crippen molar-refractivity contribution in [3.8, 4) is 11.3 Å². The summed E-state index contributed by atoms with van der Waals surface area (Å²) in [5.41, 5.74) is 8.30. The molecule has 3 aromatic rings. The molecule has 0 aliphatic rings. The molecule has 0 saturated heterocycles. The lowest BCUT2D eigenvalue weighted by molar-refractivity contribution is 0.101. The maximum atomic E-state index is 12.0. The van der Waals surface area contributed by atoms with Crippen molar-refractivity contribution in [2.75, 3.05) is 5.32 Å². The van der Waals surface area contributed by atoms with Crippen molar-refractivity contribution >= 4 is 11.5 Å². The standard InChI is InChI=1S/C23H25N3O/c1-14-11-15(2)23(17(4)27)16(3)21(14)13-25-20-8-6-7-19(12-20)22-9-10-24-18(5)26-22/h6-12,25H,13H2,1-5H3. The van der Waals surface area contributed by atoms with E-state index in [9.17, 15) is 4.79 Å². The molecule has 2 aromatic carbocycles. The van der Waals surface area contributed by atoms with E-state index < -0.39 is 0 Å². The Morgan fingerprint density at radius 2 is 1.81 bits per heavy atom. The van der Waals surface area contributed by atoms with Crippen molar-refractivity contribution in [1.29, 1.82) is 0 Å². The van der Waals surface area contributed by atoms with Gasteiger partial charge < -0.3 is 5.32 Å². The number of nitrogens with zero attached hydrogens (tertiary/aromatic N) is 2. The third-order valence-electron chi connectivity index (χ3n) is 4.89. The maximum absolute atomic E-state index is 12.0. The summed E-state index contributed by atoms with van der Waals surface area (Å²) in [6, 6.07) is 12.2. The first-order chi connectivity index (χ1) is 12.9. The molecule has 4 nitrogen and oxygen atoms in total. The third-order valence-corrected chi connectivity index (χ3v) is 4.89. The van der Waals surface area contributed by atoms with Crippen molar-refractivity contribution in [3.63, 3.8) is 0 Å². The fraction of sp³-hybridized carbons (Fsp3) is 0.261. The van der Waals surface area contributed by atoms with E-state index in [2.05, 4.69) is 34.3 Å². The molecule has 0 radical (unpaired) electrons. The van der Waals surface area contributed by atoms with E-state index in [4.69, 9.17) is 0 Å². The number of rotatable bonds is 5. The molecule has 0 amide bonds. The van der Waals surface area contributed by atoms with Crippen LogP contribution in [0.2, 0.25) is 0 Å². The van der Waals surface area contributed by atoms with E-state index in [-0.39, 0.29) is 5.78 Å². The number of carbonyl (C=O) groups is 1. The molecule has 0 atom stereocenters. The van der Waals surface area contributed by atoms with E-state index in [0.29, 0.717) is 6.54 Å². The minimum Gasteiger partial charge on any atom is -0.381 e. The molecule has 4 heteroatoms. The normalized spacial score (nSPS) is 10.7. The van der Waals surface area contributed by atoms with E-state index in [1.807, 2.05) is 45.0 Å². The van der Waals surface area contributed by atoms with Crippen molar-refractivity contribution in [1.82, 2.24) is 9.97 Å². The van der Waals surface area contributed by atoms with Gasteiger partial charge in [0.25, 0.3) is 0 Å². The summed E-state index contributed by atoms with van der Waals surface area (Å²) in [6.45, 7) is 10.3. The highest BCUT2D eigenvalue weighted by Crippen LogP contribution is 2.25. The Balaban J connectivity index is 1.87. The number of nitrogens with one attached hydrogen (secondary N) is 1. The van der Waals surface area contributed by atoms with Crippen LogP contribution >= 0.6 is 0 Å². The second kappa shape index (κ2) is 7.70. The van der Waals surface area contributed by atoms with Gasteiger partial charge in [-0.15, -0.1) is 0 Å². The second-order valence-electron chi connectivity index (χ2n) is 6.97. The van der Waals surface area contributed by atoms with Gasteiger partial charge >= 0.3 is 0 Å². The van der Waals surface area contributed by atoms with Gasteiger partial charge in [0.05, 0.1) is 5.69 Å². The molecular weight excluding hydrogens is 334 g/mol. The average Bonchev–Trinajstić information content (AvgIpc) is 2.61. The summed E-state index contributed by atoms with van der Waals surface area (Å²) >= 11 is 0. The zero-order valence-electron chi connectivity index (χ0n) is 16.6. The molecule has 0 fully saturated rings. The number of aryl methyl sites for hydroxylation is 3. The first-order valence-electron chi connectivity index (χ1n) is 9.11. The van der Waals surface area contributed by atoms with Crippen LogP contribution in [0.4, 0.5) is 5.69 Å². The monoisotopic (exact) mass is 359 g/mol. The quantitative estimate of drug-likeness (QED) is 0.637. The number of benzene rings is 2. The number of anilines is 1. The molecule has 138 valence electrons. The SMILES string of the molecule is CC(=O)c1c(C)cc(C)c(CNc2cccc(-c3ccnc(C)n3)c2)c1C. The lowest BCUT2D eigenvalue weighted by Crippen LogP contribution is -2.09. The molecule has 3 rings (SSSR count). The Hall–Kier alpha value is -3.01. The fourth-order valence-electron chi connectivity index (χ4n) is 3.64. The molecular formula is C23H25N3O. The zero-order valence-corrected chi connectivity index (χ0v) is 16.6. The van der Waals surface area contributed by atoms with Crippen molar-refractivity contribution in [2.45, 2.75) is 41.2 Å². The van der Waals surface area contributed by atoms with Gasteiger partial charge in [0.15, 0.2) is 5.78 Å². The number of ketones is 1. The molecule has 0 saturated carbocycles. The molecule has 0 bridgehead atoms. The first kappa shape index (κ1) is 18.8. The van der Waals surface area contributed by atoms with Crippen LogP contribution in [0.15, 0.2) is 42.6 Å². The molecule has 0 aliphatic carbocycles. The smallest absolute Gasteiger partial charge is 0.160 e. The molecule has 0 spiro atoms. The van der Waals surface area contributed by atoms with Crippen LogP contribution in [0.25, 0.3) is 11.3 Å². The van der Waals surface area contributed by atoms with Crippen LogP contribution in [0.5, 0.6) is 0 Å². The summed E-state index contributed by atoms with van der Waals surface area (Å²) in [7, 11) is 0. The van der Waals surface area contributed by atoms with Gasteiger partial charge in [-0.2, -0.15) is 0 Å². The average molecular weight is 359 g/mol. The summed E-state index contributed by atoms with van der Waals surface area (Å²) in [6.07, 6.45) is 1.78. The van der Waals surface area contributed by atoms with E-state index >= 15 is 0 Å². The number of hydrogen-bond donors (Lipinski definition) is 1. The summed E-state index contributed by atoms with van der Waals surface area (Å²) in [4.78, 5) is 20.7. The second-order valence-corrected chi connectivity index (χ2v) is 6.97.